The summed E-state index contributed by atoms with van der Waals surface area (Å²) in [5.74, 6) is -3.11. The summed E-state index contributed by atoms with van der Waals surface area (Å²) in [7, 11) is 0. The standard InChI is InChI=1S/C31H34N8O5S/c32-22(15-45)28(40)37-25(9-17-12-34-23-7-3-1-5-20(17)23)29(41)38-26(10-18-13-35-24-8-4-2-6-21(18)24)30(42)39-27(31(43)44)11-19-14-33-16-36-19/h1-8,12-14,16,22,25-27,34-35,45H,9-11,15,32H2,(H,33,36)(H,37,40)(H,38,41)(H,39,42)(H,43,44). The van der Waals surface area contributed by atoms with E-state index in [1.165, 1.54) is 12.5 Å². The highest BCUT2D eigenvalue weighted by Gasteiger charge is 2.31. The van der Waals surface area contributed by atoms with Gasteiger partial charge in [-0.3, -0.25) is 14.4 Å². The summed E-state index contributed by atoms with van der Waals surface area (Å²) in [6.45, 7) is 0. The molecule has 3 amide bonds. The minimum Gasteiger partial charge on any atom is -0.480 e. The number of imidazole rings is 1. The van der Waals surface area contributed by atoms with Gasteiger partial charge in [-0.05, 0) is 23.3 Å². The van der Waals surface area contributed by atoms with Gasteiger partial charge in [-0.2, -0.15) is 12.6 Å². The molecule has 9 N–H and O–H groups in total. The number of nitrogens with one attached hydrogen (secondary N) is 6. The highest BCUT2D eigenvalue weighted by Crippen LogP contribution is 2.21. The van der Waals surface area contributed by atoms with Crippen LogP contribution in [0.15, 0.2) is 73.4 Å². The van der Waals surface area contributed by atoms with Gasteiger partial charge in [0.1, 0.15) is 18.1 Å². The molecule has 5 aromatic rings. The van der Waals surface area contributed by atoms with E-state index in [1.54, 1.807) is 12.4 Å². The van der Waals surface area contributed by atoms with E-state index in [-0.39, 0.29) is 25.0 Å². The number of hydrogen-bond acceptors (Lipinski definition) is 7. The van der Waals surface area contributed by atoms with Gasteiger partial charge in [0.25, 0.3) is 0 Å². The predicted octanol–water partition coefficient (Wildman–Crippen LogP) is 1.20. The lowest BCUT2D eigenvalue weighted by molar-refractivity contribution is -0.142. The lowest BCUT2D eigenvalue weighted by atomic mass is 10.0. The van der Waals surface area contributed by atoms with Gasteiger partial charge in [0, 0.05) is 71.1 Å². The monoisotopic (exact) mass is 630 g/mol. The van der Waals surface area contributed by atoms with Crippen LogP contribution in [0.25, 0.3) is 21.8 Å². The Bertz CT molecular complexity index is 1800. The van der Waals surface area contributed by atoms with Crippen molar-refractivity contribution in [2.24, 2.45) is 5.73 Å². The maximum absolute atomic E-state index is 13.9. The molecule has 13 nitrogen and oxygen atoms in total. The Morgan fingerprint density at radius 3 is 1.76 bits per heavy atom. The van der Waals surface area contributed by atoms with Crippen LogP contribution < -0.4 is 21.7 Å². The van der Waals surface area contributed by atoms with E-state index in [2.05, 4.69) is 48.5 Å². The molecule has 0 spiro atoms. The van der Waals surface area contributed by atoms with Crippen LogP contribution in [0.2, 0.25) is 0 Å². The quantitative estimate of drug-likeness (QED) is 0.0818. The second kappa shape index (κ2) is 14.1. The van der Waals surface area contributed by atoms with E-state index >= 15 is 0 Å². The Labute approximate surface area is 263 Å². The van der Waals surface area contributed by atoms with Gasteiger partial charge in [0.15, 0.2) is 0 Å². The normalized spacial score (nSPS) is 14.0. The number of hydrogen-bond donors (Lipinski definition) is 9. The van der Waals surface area contributed by atoms with Gasteiger partial charge in [-0.15, -0.1) is 0 Å². The van der Waals surface area contributed by atoms with Gasteiger partial charge < -0.3 is 41.7 Å². The third-order valence-corrected chi connectivity index (χ3v) is 7.98. The number of carboxylic acid groups (broad SMARTS) is 1. The van der Waals surface area contributed by atoms with E-state index in [0.717, 1.165) is 32.9 Å². The number of aromatic amines is 3. The summed E-state index contributed by atoms with van der Waals surface area (Å²) < 4.78 is 0. The number of para-hydroxylation sites is 2. The summed E-state index contributed by atoms with van der Waals surface area (Å²) in [5, 5.41) is 19.6. The van der Waals surface area contributed by atoms with Crippen LogP contribution in [0.3, 0.4) is 0 Å². The maximum atomic E-state index is 13.9. The Balaban J connectivity index is 1.43. The highest BCUT2D eigenvalue weighted by atomic mass is 32.1. The van der Waals surface area contributed by atoms with Gasteiger partial charge >= 0.3 is 5.97 Å². The molecule has 234 valence electrons. The summed E-state index contributed by atoms with van der Waals surface area (Å²) >= 11 is 4.11. The van der Waals surface area contributed by atoms with Crippen molar-refractivity contribution in [2.45, 2.75) is 43.4 Å². The van der Waals surface area contributed by atoms with Crippen LogP contribution in [0.5, 0.6) is 0 Å². The van der Waals surface area contributed by atoms with E-state index in [9.17, 15) is 24.3 Å². The van der Waals surface area contributed by atoms with E-state index in [4.69, 9.17) is 5.73 Å². The number of nitrogens with zero attached hydrogens (tertiary/aromatic N) is 1. The lowest BCUT2D eigenvalue weighted by Gasteiger charge is -2.25. The molecule has 0 bridgehead atoms. The first-order valence-electron chi connectivity index (χ1n) is 14.3. The molecule has 0 saturated heterocycles. The number of benzene rings is 2. The number of thiol groups is 1. The van der Waals surface area contributed by atoms with Crippen molar-refractivity contribution in [3.63, 3.8) is 0 Å². The van der Waals surface area contributed by atoms with E-state index in [0.29, 0.717) is 5.69 Å². The van der Waals surface area contributed by atoms with Gasteiger partial charge in [0.2, 0.25) is 17.7 Å². The molecule has 0 fully saturated rings. The van der Waals surface area contributed by atoms with Crippen molar-refractivity contribution < 1.29 is 24.3 Å². The van der Waals surface area contributed by atoms with Crippen molar-refractivity contribution >= 4 is 58.1 Å². The van der Waals surface area contributed by atoms with Crippen LogP contribution in [-0.4, -0.2) is 78.7 Å². The van der Waals surface area contributed by atoms with Gasteiger partial charge in [0.05, 0.1) is 12.4 Å². The van der Waals surface area contributed by atoms with Crippen LogP contribution >= 0.6 is 12.6 Å². The molecule has 3 heterocycles. The van der Waals surface area contributed by atoms with Crippen LogP contribution in [0.4, 0.5) is 0 Å². The van der Waals surface area contributed by atoms with Gasteiger partial charge in [-0.25, -0.2) is 9.78 Å². The topological polar surface area (TPSA) is 211 Å². The molecule has 3 aromatic heterocycles. The molecule has 4 unspecified atom stereocenters. The smallest absolute Gasteiger partial charge is 0.326 e. The van der Waals surface area contributed by atoms with Crippen LogP contribution in [-0.2, 0) is 38.4 Å². The highest BCUT2D eigenvalue weighted by molar-refractivity contribution is 7.80. The summed E-state index contributed by atoms with van der Waals surface area (Å²) in [5.41, 5.74) is 9.63. The van der Waals surface area contributed by atoms with Crippen molar-refractivity contribution in [1.29, 1.82) is 0 Å². The Morgan fingerprint density at radius 1 is 0.756 bits per heavy atom. The average molecular weight is 631 g/mol. The number of aliphatic carboxylic acids is 1. The van der Waals surface area contributed by atoms with Crippen molar-refractivity contribution in [1.82, 2.24) is 35.9 Å². The molecule has 5 rings (SSSR count). The number of H-pyrrole nitrogens is 3. The maximum Gasteiger partial charge on any atom is 0.326 e. The number of carboxylic acids is 1. The van der Waals surface area contributed by atoms with Crippen LogP contribution in [0.1, 0.15) is 16.8 Å². The number of aromatic nitrogens is 4. The average Bonchev–Trinajstić information content (AvgIpc) is 3.80. The fourth-order valence-corrected chi connectivity index (χ4v) is 5.35. The van der Waals surface area contributed by atoms with Crippen molar-refractivity contribution in [3.8, 4) is 0 Å². The molecule has 0 aliphatic carbocycles. The third kappa shape index (κ3) is 7.53. The second-order valence-electron chi connectivity index (χ2n) is 10.7. The SMILES string of the molecule is NC(CS)C(=O)NC(Cc1c[nH]c2ccccc12)C(=O)NC(Cc1c[nH]c2ccccc12)C(=O)NC(Cc1cnc[nH]1)C(=O)O. The summed E-state index contributed by atoms with van der Waals surface area (Å²) in [6, 6.07) is 10.5. The molecular formula is C31H34N8O5S. The van der Waals surface area contributed by atoms with Gasteiger partial charge in [-0.1, -0.05) is 36.4 Å². The zero-order chi connectivity index (χ0) is 31.9. The molecule has 0 aliphatic heterocycles. The van der Waals surface area contributed by atoms with Crippen molar-refractivity contribution in [2.75, 3.05) is 5.75 Å². The Hall–Kier alpha value is -5.08. The first kappa shape index (κ1) is 31.3. The predicted molar refractivity (Wildman–Crippen MR) is 172 cm³/mol. The molecule has 2 aromatic carbocycles. The Morgan fingerprint density at radius 2 is 1.27 bits per heavy atom. The number of carbonyl (C=O) groups is 4. The minimum absolute atomic E-state index is 0.0435. The molecule has 0 radical (unpaired) electrons. The molecule has 0 saturated carbocycles. The Kier molecular flexibility index (Phi) is 9.85. The van der Waals surface area contributed by atoms with Crippen molar-refractivity contribution in [3.05, 3.63) is 90.3 Å². The molecule has 45 heavy (non-hydrogen) atoms. The largest absolute Gasteiger partial charge is 0.480 e. The fourth-order valence-electron chi connectivity index (χ4n) is 5.18. The first-order chi connectivity index (χ1) is 21.7. The number of fused-ring (bicyclic) bond motifs is 2. The second-order valence-corrected chi connectivity index (χ2v) is 11.1. The first-order valence-corrected chi connectivity index (χ1v) is 14.9. The number of amides is 3. The number of nitrogens with two attached hydrogens (primary N) is 1. The zero-order valence-electron chi connectivity index (χ0n) is 24.1. The molecule has 14 heteroatoms. The fraction of sp³-hybridized carbons (Fsp3) is 0.258. The number of carbonyl (C=O) groups excluding carboxylic acids is 3. The molecule has 4 atom stereocenters. The molecule has 0 aliphatic rings. The van der Waals surface area contributed by atoms with E-state index < -0.39 is 47.9 Å². The summed E-state index contributed by atoms with van der Waals surface area (Å²) in [6.07, 6.45) is 6.49. The van der Waals surface area contributed by atoms with E-state index in [1.807, 2.05) is 48.5 Å². The third-order valence-electron chi connectivity index (χ3n) is 7.59. The summed E-state index contributed by atoms with van der Waals surface area (Å²) in [4.78, 5) is 65.7. The zero-order valence-corrected chi connectivity index (χ0v) is 25.0. The molecular weight excluding hydrogens is 596 g/mol. The minimum atomic E-state index is -1.30. The number of rotatable bonds is 14. The van der Waals surface area contributed by atoms with Crippen LogP contribution in [0, 0.1) is 0 Å². The lowest BCUT2D eigenvalue weighted by Crippen LogP contribution is -2.58.